The molecule has 2 unspecified atom stereocenters. The minimum atomic E-state index is 0.0529. The summed E-state index contributed by atoms with van der Waals surface area (Å²) < 4.78 is 12.6. The molecule has 0 fully saturated rings. The normalized spacial score (nSPS) is 14.6. The largest absolute Gasteiger partial charge is 0.382 e. The second-order valence-corrected chi connectivity index (χ2v) is 4.96. The predicted molar refractivity (Wildman–Crippen MR) is 79.8 cm³/mol. The van der Waals surface area contributed by atoms with Crippen LogP contribution < -0.4 is 5.32 Å². The minimum absolute atomic E-state index is 0.0529. The number of methoxy groups -OCH3 is 2. The minimum Gasteiger partial charge on any atom is -0.382 e. The van der Waals surface area contributed by atoms with E-state index in [1.54, 1.807) is 14.2 Å². The highest BCUT2D eigenvalue weighted by molar-refractivity contribution is 5.75. The van der Waals surface area contributed by atoms with Crippen LogP contribution in [-0.4, -0.2) is 43.0 Å². The zero-order chi connectivity index (χ0) is 14.5. The first kappa shape index (κ1) is 15.0. The standard InChI is InChI=1S/C15H23N3O2/c1-11(16-9-12(20-4)10-19-3)15-17-13-7-5-6-8-14(13)18(15)2/h5-8,11-12,16H,9-10H2,1-4H3. The fraction of sp³-hybridized carbons (Fsp3) is 0.533. The summed E-state index contributed by atoms with van der Waals surface area (Å²) >= 11 is 0. The third kappa shape index (κ3) is 3.17. The lowest BCUT2D eigenvalue weighted by molar-refractivity contribution is 0.0274. The van der Waals surface area contributed by atoms with Gasteiger partial charge in [0.05, 0.1) is 29.8 Å². The van der Waals surface area contributed by atoms with E-state index < -0.39 is 0 Å². The van der Waals surface area contributed by atoms with Gasteiger partial charge in [-0.15, -0.1) is 0 Å². The molecule has 0 amide bonds. The fourth-order valence-corrected chi connectivity index (χ4v) is 2.35. The van der Waals surface area contributed by atoms with E-state index in [-0.39, 0.29) is 12.1 Å². The molecule has 20 heavy (non-hydrogen) atoms. The molecule has 0 bridgehead atoms. The Morgan fingerprint density at radius 2 is 2.05 bits per heavy atom. The number of ether oxygens (including phenoxy) is 2. The molecular formula is C15H23N3O2. The third-order valence-corrected chi connectivity index (χ3v) is 3.55. The van der Waals surface area contributed by atoms with E-state index in [1.165, 1.54) is 0 Å². The number of hydrogen-bond donors (Lipinski definition) is 1. The summed E-state index contributed by atoms with van der Waals surface area (Å²) in [5.41, 5.74) is 2.18. The highest BCUT2D eigenvalue weighted by atomic mass is 16.5. The van der Waals surface area contributed by atoms with Gasteiger partial charge in [0.15, 0.2) is 0 Å². The molecule has 0 saturated heterocycles. The van der Waals surface area contributed by atoms with Gasteiger partial charge in [-0.1, -0.05) is 12.1 Å². The summed E-state index contributed by atoms with van der Waals surface area (Å²) in [5, 5.41) is 3.45. The molecule has 0 aliphatic carbocycles. The number of nitrogens with one attached hydrogen (secondary N) is 1. The van der Waals surface area contributed by atoms with Crippen LogP contribution in [0.15, 0.2) is 24.3 Å². The van der Waals surface area contributed by atoms with Crippen LogP contribution in [0, 0.1) is 0 Å². The Labute approximate surface area is 119 Å². The molecule has 5 heteroatoms. The van der Waals surface area contributed by atoms with E-state index in [0.29, 0.717) is 6.61 Å². The van der Waals surface area contributed by atoms with Crippen molar-refractivity contribution < 1.29 is 9.47 Å². The van der Waals surface area contributed by atoms with Crippen molar-refractivity contribution in [2.24, 2.45) is 7.05 Å². The lowest BCUT2D eigenvalue weighted by atomic mass is 10.3. The summed E-state index contributed by atoms with van der Waals surface area (Å²) in [6.07, 6.45) is 0.0529. The number of para-hydroxylation sites is 2. The molecule has 0 radical (unpaired) electrons. The summed E-state index contributed by atoms with van der Waals surface area (Å²) in [6.45, 7) is 3.42. The van der Waals surface area contributed by atoms with Crippen LogP contribution in [0.1, 0.15) is 18.8 Å². The van der Waals surface area contributed by atoms with Crippen LogP contribution >= 0.6 is 0 Å². The number of rotatable bonds is 7. The molecule has 1 aromatic carbocycles. The third-order valence-electron chi connectivity index (χ3n) is 3.55. The highest BCUT2D eigenvalue weighted by Gasteiger charge is 2.15. The zero-order valence-electron chi connectivity index (χ0n) is 12.6. The van der Waals surface area contributed by atoms with Crippen molar-refractivity contribution in [1.29, 1.82) is 0 Å². The molecule has 0 aliphatic rings. The Kier molecular flexibility index (Phi) is 5.11. The molecule has 2 atom stereocenters. The Morgan fingerprint density at radius 3 is 2.70 bits per heavy atom. The van der Waals surface area contributed by atoms with Gasteiger partial charge in [-0.25, -0.2) is 4.98 Å². The lowest BCUT2D eigenvalue weighted by Gasteiger charge is -2.19. The van der Waals surface area contributed by atoms with Crippen molar-refractivity contribution in [1.82, 2.24) is 14.9 Å². The number of aromatic nitrogens is 2. The van der Waals surface area contributed by atoms with Gasteiger partial charge < -0.3 is 19.4 Å². The smallest absolute Gasteiger partial charge is 0.126 e. The fourth-order valence-electron chi connectivity index (χ4n) is 2.35. The van der Waals surface area contributed by atoms with Crippen molar-refractivity contribution in [2.45, 2.75) is 19.1 Å². The van der Waals surface area contributed by atoms with Gasteiger partial charge in [0.1, 0.15) is 5.82 Å². The zero-order valence-corrected chi connectivity index (χ0v) is 12.6. The van der Waals surface area contributed by atoms with Gasteiger partial charge in [-0.3, -0.25) is 0 Å². The van der Waals surface area contributed by atoms with Crippen LogP contribution in [0.3, 0.4) is 0 Å². The van der Waals surface area contributed by atoms with Crippen LogP contribution in [0.5, 0.6) is 0 Å². The summed E-state index contributed by atoms with van der Waals surface area (Å²) in [5.74, 6) is 1.03. The monoisotopic (exact) mass is 277 g/mol. The Morgan fingerprint density at radius 1 is 1.30 bits per heavy atom. The second kappa shape index (κ2) is 6.83. The van der Waals surface area contributed by atoms with Crippen LogP contribution in [0.2, 0.25) is 0 Å². The molecule has 1 aromatic heterocycles. The molecule has 1 N–H and O–H groups in total. The van der Waals surface area contributed by atoms with Crippen molar-refractivity contribution >= 4 is 11.0 Å². The summed E-state index contributed by atoms with van der Waals surface area (Å²) in [7, 11) is 5.43. The predicted octanol–water partition coefficient (Wildman–Crippen LogP) is 1.89. The molecule has 0 spiro atoms. The maximum absolute atomic E-state index is 5.35. The van der Waals surface area contributed by atoms with E-state index in [9.17, 15) is 0 Å². The average molecular weight is 277 g/mol. The summed E-state index contributed by atoms with van der Waals surface area (Å²) in [6, 6.07) is 8.32. The van der Waals surface area contributed by atoms with Crippen LogP contribution in [0.25, 0.3) is 11.0 Å². The van der Waals surface area contributed by atoms with Gasteiger partial charge >= 0.3 is 0 Å². The SMILES string of the molecule is COCC(CNC(C)c1nc2ccccc2n1C)OC. The number of fused-ring (bicyclic) bond motifs is 1. The molecule has 0 saturated carbocycles. The first-order valence-electron chi connectivity index (χ1n) is 6.83. The van der Waals surface area contributed by atoms with Gasteiger partial charge in [0, 0.05) is 27.8 Å². The second-order valence-electron chi connectivity index (χ2n) is 4.96. The van der Waals surface area contributed by atoms with Crippen LogP contribution in [-0.2, 0) is 16.5 Å². The number of aryl methyl sites for hydroxylation is 1. The maximum Gasteiger partial charge on any atom is 0.126 e. The highest BCUT2D eigenvalue weighted by Crippen LogP contribution is 2.19. The molecule has 110 valence electrons. The lowest BCUT2D eigenvalue weighted by Crippen LogP contribution is -2.34. The van der Waals surface area contributed by atoms with Crippen molar-refractivity contribution in [3.05, 3.63) is 30.1 Å². The molecule has 2 rings (SSSR count). The number of imidazole rings is 1. The van der Waals surface area contributed by atoms with Gasteiger partial charge in [-0.05, 0) is 19.1 Å². The molecule has 5 nitrogen and oxygen atoms in total. The topological polar surface area (TPSA) is 48.3 Å². The van der Waals surface area contributed by atoms with E-state index in [2.05, 4.69) is 22.9 Å². The molecule has 0 aliphatic heterocycles. The van der Waals surface area contributed by atoms with Crippen LogP contribution in [0.4, 0.5) is 0 Å². The maximum atomic E-state index is 5.35. The van der Waals surface area contributed by atoms with E-state index in [4.69, 9.17) is 14.5 Å². The van der Waals surface area contributed by atoms with Gasteiger partial charge in [-0.2, -0.15) is 0 Å². The number of benzene rings is 1. The average Bonchev–Trinajstić information content (AvgIpc) is 2.81. The quantitative estimate of drug-likeness (QED) is 0.839. The van der Waals surface area contributed by atoms with E-state index in [1.807, 2.05) is 25.2 Å². The Balaban J connectivity index is 2.07. The van der Waals surface area contributed by atoms with E-state index in [0.717, 1.165) is 23.4 Å². The Hall–Kier alpha value is -1.43. The molecule has 1 heterocycles. The van der Waals surface area contributed by atoms with Crippen molar-refractivity contribution in [3.63, 3.8) is 0 Å². The molecular weight excluding hydrogens is 254 g/mol. The Bertz CT molecular complexity index is 553. The first-order valence-corrected chi connectivity index (χ1v) is 6.83. The number of hydrogen-bond acceptors (Lipinski definition) is 4. The number of nitrogens with zero attached hydrogens (tertiary/aromatic N) is 2. The van der Waals surface area contributed by atoms with Crippen molar-refractivity contribution in [2.75, 3.05) is 27.4 Å². The van der Waals surface area contributed by atoms with E-state index >= 15 is 0 Å². The molecule has 2 aromatic rings. The summed E-state index contributed by atoms with van der Waals surface area (Å²) in [4.78, 5) is 4.69. The van der Waals surface area contributed by atoms with Crippen molar-refractivity contribution in [3.8, 4) is 0 Å². The first-order chi connectivity index (χ1) is 9.67. The van der Waals surface area contributed by atoms with Gasteiger partial charge in [0.2, 0.25) is 0 Å². The van der Waals surface area contributed by atoms with Gasteiger partial charge in [0.25, 0.3) is 0 Å².